The van der Waals surface area contributed by atoms with Crippen molar-refractivity contribution in [2.24, 2.45) is 21.2 Å². The van der Waals surface area contributed by atoms with E-state index in [2.05, 4.69) is 9.36 Å². The Morgan fingerprint density at radius 3 is 2.61 bits per heavy atom. The third-order valence-corrected chi connectivity index (χ3v) is 5.14. The van der Waals surface area contributed by atoms with Crippen LogP contribution in [0.25, 0.3) is 0 Å². The predicted octanol–water partition coefficient (Wildman–Crippen LogP) is 3.63. The van der Waals surface area contributed by atoms with Gasteiger partial charge in [0.1, 0.15) is 5.60 Å². The van der Waals surface area contributed by atoms with Gasteiger partial charge in [-0.1, -0.05) is 20.3 Å². The molecule has 1 heterocycles. The van der Waals surface area contributed by atoms with Gasteiger partial charge in [0.05, 0.1) is 16.5 Å². The minimum Gasteiger partial charge on any atom is -0.454 e. The minimum absolute atomic E-state index is 0.100. The van der Waals surface area contributed by atoms with Crippen LogP contribution in [0.3, 0.4) is 0 Å². The molecule has 0 spiro atoms. The highest BCUT2D eigenvalue weighted by atomic mass is 32.2. The van der Waals surface area contributed by atoms with Gasteiger partial charge in [0.15, 0.2) is 11.5 Å². The van der Waals surface area contributed by atoms with Crippen LogP contribution in [-0.2, 0) is 20.1 Å². The molecule has 2 amide bonds. The first-order valence-corrected chi connectivity index (χ1v) is 10.2. The smallest absolute Gasteiger partial charge is 0.433 e. The summed E-state index contributed by atoms with van der Waals surface area (Å²) >= 11 is 0. The summed E-state index contributed by atoms with van der Waals surface area (Å²) in [5.74, 6) is -0.484. The lowest BCUT2D eigenvalue weighted by Gasteiger charge is -2.18. The highest BCUT2D eigenvalue weighted by molar-refractivity contribution is 7.75. The second kappa shape index (κ2) is 9.18. The molecule has 0 saturated heterocycles. The van der Waals surface area contributed by atoms with E-state index in [1.165, 1.54) is 6.21 Å². The molecule has 2 rings (SSSR count). The SMILES string of the molecule is CC[C@H](C)C(/C=N/C(=O)OC(C)(C)C)C(=O)/N=[SH](=O)/c1ccc2c(c1)OCO2. The number of ether oxygens (including phenoxy) is 3. The Kier molecular flexibility index (Phi) is 7.17. The number of carbonyl (C=O) groups excluding carboxylic acids is 2. The van der Waals surface area contributed by atoms with E-state index in [1.54, 1.807) is 39.0 Å². The second-order valence-electron chi connectivity index (χ2n) is 7.42. The normalized spacial score (nSPS) is 16.8. The van der Waals surface area contributed by atoms with E-state index in [-0.39, 0.29) is 12.7 Å². The van der Waals surface area contributed by atoms with Crippen LogP contribution in [0.4, 0.5) is 4.79 Å². The zero-order valence-corrected chi connectivity index (χ0v) is 17.6. The van der Waals surface area contributed by atoms with E-state index in [9.17, 15) is 13.8 Å². The topological polar surface area (TPSA) is 104 Å². The van der Waals surface area contributed by atoms with E-state index in [0.29, 0.717) is 22.8 Å². The molecule has 8 nitrogen and oxygen atoms in total. The molecule has 1 aromatic rings. The number of hydrogen-bond donors (Lipinski definition) is 1. The van der Waals surface area contributed by atoms with Crippen LogP contribution < -0.4 is 9.47 Å². The highest BCUT2D eigenvalue weighted by Crippen LogP contribution is 2.33. The Hall–Kier alpha value is -2.42. The van der Waals surface area contributed by atoms with E-state index in [1.807, 2.05) is 13.8 Å². The zero-order chi connectivity index (χ0) is 20.9. The van der Waals surface area contributed by atoms with Gasteiger partial charge in [0.2, 0.25) is 6.79 Å². The molecule has 3 atom stereocenters. The molecular formula is C19H26N2O6S. The van der Waals surface area contributed by atoms with Gasteiger partial charge in [0, 0.05) is 17.2 Å². The molecule has 0 N–H and O–H groups in total. The highest BCUT2D eigenvalue weighted by Gasteiger charge is 2.24. The third-order valence-electron chi connectivity index (χ3n) is 4.04. The molecule has 9 heteroatoms. The van der Waals surface area contributed by atoms with Crippen molar-refractivity contribution in [2.45, 2.75) is 51.5 Å². The number of benzene rings is 1. The Balaban J connectivity index is 2.19. The van der Waals surface area contributed by atoms with E-state index < -0.39 is 34.1 Å². The van der Waals surface area contributed by atoms with Gasteiger partial charge in [-0.3, -0.25) is 4.79 Å². The van der Waals surface area contributed by atoms with Crippen LogP contribution in [0.15, 0.2) is 32.4 Å². The lowest BCUT2D eigenvalue weighted by molar-refractivity contribution is -0.120. The number of amides is 2. The number of aliphatic imine (C=N–C) groups is 1. The summed E-state index contributed by atoms with van der Waals surface area (Å²) in [6.45, 7) is 9.02. The van der Waals surface area contributed by atoms with Gasteiger partial charge in [0.25, 0.3) is 5.91 Å². The average molecular weight is 410 g/mol. The summed E-state index contributed by atoms with van der Waals surface area (Å²) in [4.78, 5) is 28.5. The predicted molar refractivity (Wildman–Crippen MR) is 105 cm³/mol. The van der Waals surface area contributed by atoms with Crippen molar-refractivity contribution in [3.8, 4) is 11.5 Å². The van der Waals surface area contributed by atoms with Crippen LogP contribution in [-0.4, -0.2) is 34.8 Å². The molecule has 1 aliphatic rings. The Bertz CT molecular complexity index is 852. The molecule has 154 valence electrons. The maximum absolute atomic E-state index is 12.6. The van der Waals surface area contributed by atoms with Gasteiger partial charge < -0.3 is 14.2 Å². The fraction of sp³-hybridized carbons (Fsp3) is 0.526. The van der Waals surface area contributed by atoms with Gasteiger partial charge in [-0.2, -0.15) is 9.36 Å². The Morgan fingerprint density at radius 2 is 1.96 bits per heavy atom. The van der Waals surface area contributed by atoms with Crippen LogP contribution in [0.1, 0.15) is 41.0 Å². The first-order chi connectivity index (χ1) is 13.1. The molecule has 2 unspecified atom stereocenters. The first kappa shape index (κ1) is 21.9. The quantitative estimate of drug-likeness (QED) is 0.587. The summed E-state index contributed by atoms with van der Waals surface area (Å²) < 4.78 is 31.9. The van der Waals surface area contributed by atoms with Gasteiger partial charge in [-0.05, 0) is 38.8 Å². The number of carbonyl (C=O) groups is 2. The standard InChI is InChI=1S/C19H26N2O6S/c1-6-12(2)14(10-20-18(23)27-19(3,4)5)17(22)21-28(24)13-7-8-15-16(9-13)26-11-25-15/h7-10,12,14,28H,6,11H2,1-5H3/b20-10+/t12-,14?/m0/s1. The van der Waals surface area contributed by atoms with Gasteiger partial charge >= 0.3 is 6.09 Å². The Morgan fingerprint density at radius 1 is 1.29 bits per heavy atom. The zero-order valence-electron chi connectivity index (χ0n) is 16.7. The van der Waals surface area contributed by atoms with Gasteiger partial charge in [-0.15, -0.1) is 0 Å². The summed E-state index contributed by atoms with van der Waals surface area (Å²) in [5.41, 5.74) is -0.683. The molecule has 0 radical (unpaired) electrons. The molecule has 0 fully saturated rings. The fourth-order valence-corrected chi connectivity index (χ4v) is 3.21. The van der Waals surface area contributed by atoms with Crippen molar-refractivity contribution >= 4 is 28.8 Å². The van der Waals surface area contributed by atoms with Crippen molar-refractivity contribution < 1.29 is 28.0 Å². The molecule has 0 saturated carbocycles. The van der Waals surface area contributed by atoms with Crippen molar-refractivity contribution in [3.63, 3.8) is 0 Å². The number of hydrogen-bond acceptors (Lipinski definition) is 6. The second-order valence-corrected chi connectivity index (χ2v) is 8.68. The number of nitrogens with zero attached hydrogens (tertiary/aromatic N) is 2. The number of rotatable bonds is 5. The van der Waals surface area contributed by atoms with E-state index in [4.69, 9.17) is 14.2 Å². The third kappa shape index (κ3) is 6.05. The molecule has 28 heavy (non-hydrogen) atoms. The summed E-state index contributed by atoms with van der Waals surface area (Å²) in [7, 11) is -2.32. The maximum atomic E-state index is 12.6. The largest absolute Gasteiger partial charge is 0.454 e. The monoisotopic (exact) mass is 410 g/mol. The molecule has 0 bridgehead atoms. The first-order valence-electron chi connectivity index (χ1n) is 9.00. The molecule has 1 aromatic carbocycles. The lowest BCUT2D eigenvalue weighted by Crippen LogP contribution is -2.25. The summed E-state index contributed by atoms with van der Waals surface area (Å²) in [6, 6.07) is 4.75. The van der Waals surface area contributed by atoms with E-state index in [0.717, 1.165) is 0 Å². The molecular weight excluding hydrogens is 384 g/mol. The lowest BCUT2D eigenvalue weighted by atomic mass is 9.92. The van der Waals surface area contributed by atoms with Crippen molar-refractivity contribution in [1.82, 2.24) is 0 Å². The average Bonchev–Trinajstić information content (AvgIpc) is 3.07. The van der Waals surface area contributed by atoms with Crippen LogP contribution in [0.2, 0.25) is 0 Å². The maximum Gasteiger partial charge on any atom is 0.433 e. The molecule has 0 aliphatic carbocycles. The van der Waals surface area contributed by atoms with Gasteiger partial charge in [-0.25, -0.2) is 9.00 Å². The number of fused-ring (bicyclic) bond motifs is 1. The van der Waals surface area contributed by atoms with E-state index >= 15 is 0 Å². The minimum atomic E-state index is -2.32. The van der Waals surface area contributed by atoms with Crippen molar-refractivity contribution in [2.75, 3.05) is 6.79 Å². The van der Waals surface area contributed by atoms with Crippen LogP contribution in [0, 0.1) is 11.8 Å². The fourth-order valence-electron chi connectivity index (χ4n) is 2.36. The molecule has 1 aliphatic heterocycles. The molecule has 0 aromatic heterocycles. The summed E-state index contributed by atoms with van der Waals surface area (Å²) in [5, 5.41) is 0. The van der Waals surface area contributed by atoms with Crippen molar-refractivity contribution in [1.29, 1.82) is 0 Å². The van der Waals surface area contributed by atoms with Crippen molar-refractivity contribution in [3.05, 3.63) is 18.2 Å². The van der Waals surface area contributed by atoms with Crippen LogP contribution >= 0.6 is 0 Å². The summed E-state index contributed by atoms with van der Waals surface area (Å²) in [6.07, 6.45) is 1.11. The van der Waals surface area contributed by atoms with Crippen LogP contribution in [0.5, 0.6) is 11.5 Å². The number of thiol groups is 1. The Labute approximate surface area is 166 Å².